The Morgan fingerprint density at radius 1 is 0.912 bits per heavy atom. The van der Waals surface area contributed by atoms with Gasteiger partial charge in [0.25, 0.3) is 5.69 Å². The van der Waals surface area contributed by atoms with Gasteiger partial charge in [0.15, 0.2) is 0 Å². The first-order chi connectivity index (χ1) is 16.7. The topological polar surface area (TPSA) is 86.1 Å². The molecule has 5 rings (SSSR count). The minimum absolute atomic E-state index is 0.0490. The number of nitrogens with one attached hydrogen (secondary N) is 1. The van der Waals surface area contributed by atoms with Crippen LogP contribution >= 0.6 is 0 Å². The molecule has 0 fully saturated rings. The quantitative estimate of drug-likeness (QED) is 0.234. The second-order valence-corrected chi connectivity index (χ2v) is 7.83. The second-order valence-electron chi connectivity index (χ2n) is 7.83. The van der Waals surface area contributed by atoms with Gasteiger partial charge in [0.05, 0.1) is 28.6 Å². The van der Waals surface area contributed by atoms with Gasteiger partial charge < -0.3 is 4.42 Å². The molecule has 1 atom stereocenters. The van der Waals surface area contributed by atoms with Gasteiger partial charge in [0.2, 0.25) is 0 Å². The Hall–Kier alpha value is -4.49. The normalized spacial score (nSPS) is 11.9. The van der Waals surface area contributed by atoms with Crippen molar-refractivity contribution in [2.75, 3.05) is 0 Å². The Morgan fingerprint density at radius 3 is 2.26 bits per heavy atom. The van der Waals surface area contributed by atoms with E-state index >= 15 is 0 Å². The first-order valence-electron chi connectivity index (χ1n) is 10.9. The van der Waals surface area contributed by atoms with Crippen LogP contribution < -0.4 is 5.32 Å². The number of benzene rings is 3. The highest BCUT2D eigenvalue weighted by atomic mass is 16.6. The highest BCUT2D eigenvalue weighted by Gasteiger charge is 2.19. The summed E-state index contributed by atoms with van der Waals surface area (Å²) >= 11 is 0. The average molecular weight is 450 g/mol. The summed E-state index contributed by atoms with van der Waals surface area (Å²) in [5, 5.41) is 19.5. The van der Waals surface area contributed by atoms with Gasteiger partial charge in [0, 0.05) is 36.0 Å². The summed E-state index contributed by atoms with van der Waals surface area (Å²) in [5.41, 5.74) is 4.61. The lowest BCUT2D eigenvalue weighted by atomic mass is 10.0. The number of para-hydroxylation sites is 1. The lowest BCUT2D eigenvalue weighted by Crippen LogP contribution is -2.21. The van der Waals surface area contributed by atoms with Crippen LogP contribution in [0.4, 0.5) is 5.69 Å². The van der Waals surface area contributed by atoms with Crippen LogP contribution in [-0.2, 0) is 6.54 Å². The standard InChI is InChI=1S/C27H22N4O3/c32-31(33)24-15-13-21(14-16-24)26-22(19-30(29-26)23-10-5-2-6-11-23)18-28-27(25-12-7-17-34-25)20-8-3-1-4-9-20/h1-17,19,27-28H,18H2. The number of furan rings is 1. The molecule has 0 aliphatic rings. The molecule has 0 radical (unpaired) electrons. The zero-order valence-electron chi connectivity index (χ0n) is 18.2. The fraction of sp³-hybridized carbons (Fsp3) is 0.0741. The van der Waals surface area contributed by atoms with Gasteiger partial charge >= 0.3 is 0 Å². The molecule has 0 bridgehead atoms. The maximum Gasteiger partial charge on any atom is 0.269 e. The van der Waals surface area contributed by atoms with E-state index in [0.717, 1.165) is 33.8 Å². The van der Waals surface area contributed by atoms with Gasteiger partial charge in [-0.15, -0.1) is 0 Å². The van der Waals surface area contributed by atoms with Gasteiger partial charge in [-0.1, -0.05) is 48.5 Å². The van der Waals surface area contributed by atoms with Crippen molar-refractivity contribution in [3.8, 4) is 16.9 Å². The van der Waals surface area contributed by atoms with E-state index in [1.165, 1.54) is 12.1 Å². The molecule has 2 heterocycles. The molecule has 1 N–H and O–H groups in total. The summed E-state index contributed by atoms with van der Waals surface area (Å²) in [6.07, 6.45) is 3.66. The number of nitro benzene ring substituents is 1. The Balaban J connectivity index is 1.50. The summed E-state index contributed by atoms with van der Waals surface area (Å²) in [6.45, 7) is 0.513. The molecule has 0 saturated heterocycles. The van der Waals surface area contributed by atoms with E-state index in [1.807, 2.05) is 71.5 Å². The van der Waals surface area contributed by atoms with Crippen molar-refractivity contribution >= 4 is 5.69 Å². The zero-order valence-corrected chi connectivity index (χ0v) is 18.2. The molecule has 168 valence electrons. The fourth-order valence-electron chi connectivity index (χ4n) is 3.93. The lowest BCUT2D eigenvalue weighted by Gasteiger charge is -2.17. The van der Waals surface area contributed by atoms with E-state index in [9.17, 15) is 10.1 Å². The summed E-state index contributed by atoms with van der Waals surface area (Å²) in [7, 11) is 0. The average Bonchev–Trinajstić information content (AvgIpc) is 3.56. The molecule has 7 heteroatoms. The molecular formula is C27H22N4O3. The third-order valence-corrected chi connectivity index (χ3v) is 5.62. The van der Waals surface area contributed by atoms with Gasteiger partial charge in [-0.3, -0.25) is 15.4 Å². The number of hydrogen-bond donors (Lipinski definition) is 1. The number of nitrogens with zero attached hydrogens (tertiary/aromatic N) is 3. The predicted octanol–water partition coefficient (Wildman–Crippen LogP) is 5.92. The van der Waals surface area contributed by atoms with Crippen LogP contribution in [0.15, 0.2) is 114 Å². The van der Waals surface area contributed by atoms with Gasteiger partial charge in [-0.2, -0.15) is 5.10 Å². The Bertz CT molecular complexity index is 1360. The minimum atomic E-state index is -0.400. The van der Waals surface area contributed by atoms with Crippen LogP contribution in [-0.4, -0.2) is 14.7 Å². The van der Waals surface area contributed by atoms with Crippen molar-refractivity contribution in [3.05, 3.63) is 137 Å². The van der Waals surface area contributed by atoms with Crippen LogP contribution in [0, 0.1) is 10.1 Å². The predicted molar refractivity (Wildman–Crippen MR) is 129 cm³/mol. The maximum absolute atomic E-state index is 11.1. The molecule has 34 heavy (non-hydrogen) atoms. The van der Waals surface area contributed by atoms with Crippen molar-refractivity contribution in [2.45, 2.75) is 12.6 Å². The maximum atomic E-state index is 11.1. The van der Waals surface area contributed by atoms with Gasteiger partial charge in [-0.05, 0) is 42.0 Å². The third kappa shape index (κ3) is 4.51. The molecule has 0 amide bonds. The Labute approximate surface area is 196 Å². The molecule has 2 aromatic heterocycles. The van der Waals surface area contributed by atoms with Crippen LogP contribution in [0.1, 0.15) is 22.9 Å². The third-order valence-electron chi connectivity index (χ3n) is 5.62. The molecule has 0 spiro atoms. The Kier molecular flexibility index (Phi) is 6.01. The zero-order chi connectivity index (χ0) is 23.3. The first-order valence-corrected chi connectivity index (χ1v) is 10.9. The van der Waals surface area contributed by atoms with Crippen LogP contribution in [0.25, 0.3) is 16.9 Å². The summed E-state index contributed by atoms with van der Waals surface area (Å²) in [5.74, 6) is 0.818. The number of hydrogen-bond acceptors (Lipinski definition) is 5. The van der Waals surface area contributed by atoms with Crippen molar-refractivity contribution in [2.24, 2.45) is 0 Å². The number of rotatable bonds is 8. The first kappa shape index (κ1) is 21.4. The summed E-state index contributed by atoms with van der Waals surface area (Å²) in [4.78, 5) is 10.7. The molecular weight excluding hydrogens is 428 g/mol. The molecule has 5 aromatic rings. The smallest absolute Gasteiger partial charge is 0.269 e. The Morgan fingerprint density at radius 2 is 1.62 bits per heavy atom. The van der Waals surface area contributed by atoms with Crippen LogP contribution in [0.2, 0.25) is 0 Å². The molecule has 0 aliphatic carbocycles. The molecule has 7 nitrogen and oxygen atoms in total. The number of nitro groups is 1. The van der Waals surface area contributed by atoms with Crippen molar-refractivity contribution < 1.29 is 9.34 Å². The van der Waals surface area contributed by atoms with E-state index in [0.29, 0.717) is 6.54 Å². The van der Waals surface area contributed by atoms with Crippen molar-refractivity contribution in [1.82, 2.24) is 15.1 Å². The summed E-state index contributed by atoms with van der Waals surface area (Å²) < 4.78 is 7.55. The lowest BCUT2D eigenvalue weighted by molar-refractivity contribution is -0.384. The monoisotopic (exact) mass is 450 g/mol. The largest absolute Gasteiger partial charge is 0.467 e. The van der Waals surface area contributed by atoms with E-state index < -0.39 is 4.92 Å². The molecule has 3 aromatic carbocycles. The van der Waals surface area contributed by atoms with E-state index in [2.05, 4.69) is 17.4 Å². The molecule has 0 saturated carbocycles. The molecule has 1 unspecified atom stereocenters. The van der Waals surface area contributed by atoms with Gasteiger partial charge in [0.1, 0.15) is 5.76 Å². The second kappa shape index (κ2) is 9.56. The fourth-order valence-corrected chi connectivity index (χ4v) is 3.93. The van der Waals surface area contributed by atoms with Gasteiger partial charge in [-0.25, -0.2) is 4.68 Å². The van der Waals surface area contributed by atoms with E-state index in [1.54, 1.807) is 18.4 Å². The minimum Gasteiger partial charge on any atom is -0.467 e. The van der Waals surface area contributed by atoms with Crippen molar-refractivity contribution in [3.63, 3.8) is 0 Å². The number of non-ortho nitro benzene ring substituents is 1. The van der Waals surface area contributed by atoms with E-state index in [-0.39, 0.29) is 11.7 Å². The van der Waals surface area contributed by atoms with E-state index in [4.69, 9.17) is 9.52 Å². The molecule has 0 aliphatic heterocycles. The SMILES string of the molecule is O=[N+]([O-])c1ccc(-c2nn(-c3ccccc3)cc2CNC(c2ccccc2)c2ccco2)cc1. The van der Waals surface area contributed by atoms with Crippen LogP contribution in [0.3, 0.4) is 0 Å². The highest BCUT2D eigenvalue weighted by molar-refractivity contribution is 5.64. The summed E-state index contributed by atoms with van der Waals surface area (Å²) in [6, 6.07) is 30.1. The number of aromatic nitrogens is 2. The highest BCUT2D eigenvalue weighted by Crippen LogP contribution is 2.28. The van der Waals surface area contributed by atoms with Crippen molar-refractivity contribution in [1.29, 1.82) is 0 Å². The van der Waals surface area contributed by atoms with Crippen LogP contribution in [0.5, 0.6) is 0 Å².